The molecule has 31 heavy (non-hydrogen) atoms. The molecule has 1 N–H and O–H groups in total. The number of piperidine rings is 1. The van der Waals surface area contributed by atoms with Gasteiger partial charge in [0.1, 0.15) is 12.3 Å². The van der Waals surface area contributed by atoms with Crippen molar-refractivity contribution in [3.05, 3.63) is 40.3 Å². The van der Waals surface area contributed by atoms with Gasteiger partial charge in [-0.25, -0.2) is 4.68 Å². The van der Waals surface area contributed by atoms with Crippen molar-refractivity contribution in [2.75, 3.05) is 0 Å². The highest BCUT2D eigenvalue weighted by atomic mass is 16.2. The summed E-state index contributed by atoms with van der Waals surface area (Å²) in [6.45, 7) is 0. The number of aldehydes is 1. The van der Waals surface area contributed by atoms with Crippen LogP contribution in [0.3, 0.4) is 0 Å². The fourth-order valence-electron chi connectivity index (χ4n) is 3.69. The summed E-state index contributed by atoms with van der Waals surface area (Å²) >= 11 is 0. The SMILES string of the molecule is O=CCCCCCCCCC#Cc1ccc2c(=O)n(C3CCC(=O)NC3=O)ncc2c1. The van der Waals surface area contributed by atoms with Gasteiger partial charge in [-0.2, -0.15) is 5.10 Å². The van der Waals surface area contributed by atoms with Crippen LogP contribution < -0.4 is 10.9 Å². The standard InChI is InChI=1S/C24H27N3O4/c28-15-9-7-5-3-1-2-4-6-8-10-18-11-12-20-19(16-18)17-25-27(24(20)31)21-13-14-22(29)26-23(21)30/h11-12,15-17,21H,1-7,9,13-14H2,(H,26,29,30). The molecule has 1 aromatic carbocycles. The first-order valence-electron chi connectivity index (χ1n) is 10.9. The van der Waals surface area contributed by atoms with Gasteiger partial charge in [-0.05, 0) is 37.5 Å². The maximum atomic E-state index is 12.8. The number of amides is 2. The Morgan fingerprint density at radius 3 is 2.65 bits per heavy atom. The summed E-state index contributed by atoms with van der Waals surface area (Å²) < 4.78 is 1.16. The summed E-state index contributed by atoms with van der Waals surface area (Å²) in [5.41, 5.74) is 0.473. The summed E-state index contributed by atoms with van der Waals surface area (Å²) in [6, 6.07) is 4.58. The quantitative estimate of drug-likeness (QED) is 0.290. The molecule has 1 aromatic heterocycles. The zero-order valence-electron chi connectivity index (χ0n) is 17.6. The van der Waals surface area contributed by atoms with Gasteiger partial charge in [0.25, 0.3) is 11.5 Å². The lowest BCUT2D eigenvalue weighted by atomic mass is 10.1. The third-order valence-electron chi connectivity index (χ3n) is 5.42. The molecule has 0 spiro atoms. The Bertz CT molecular complexity index is 1080. The predicted octanol–water partition coefficient (Wildman–Crippen LogP) is 3.05. The first kappa shape index (κ1) is 22.4. The van der Waals surface area contributed by atoms with Crippen LogP contribution in [0.25, 0.3) is 10.8 Å². The van der Waals surface area contributed by atoms with E-state index in [-0.39, 0.29) is 24.3 Å². The van der Waals surface area contributed by atoms with Crippen LogP contribution in [0.2, 0.25) is 0 Å². The van der Waals surface area contributed by atoms with E-state index in [1.807, 2.05) is 6.07 Å². The number of hydrogen-bond donors (Lipinski definition) is 1. The molecule has 0 bridgehead atoms. The minimum Gasteiger partial charge on any atom is -0.303 e. The number of carbonyl (C=O) groups excluding carboxylic acids is 3. The number of fused-ring (bicyclic) bond motifs is 1. The molecular formula is C24H27N3O4. The van der Waals surface area contributed by atoms with Gasteiger partial charge in [0.2, 0.25) is 5.91 Å². The van der Waals surface area contributed by atoms with Crippen LogP contribution >= 0.6 is 0 Å². The summed E-state index contributed by atoms with van der Waals surface area (Å²) in [5.74, 6) is 5.50. The molecule has 1 saturated heterocycles. The monoisotopic (exact) mass is 421 g/mol. The van der Waals surface area contributed by atoms with Crippen molar-refractivity contribution in [3.63, 3.8) is 0 Å². The van der Waals surface area contributed by atoms with Crippen molar-refractivity contribution in [1.82, 2.24) is 15.1 Å². The van der Waals surface area contributed by atoms with E-state index in [0.717, 1.165) is 55.1 Å². The number of nitrogens with zero attached hydrogens (tertiary/aromatic N) is 2. The first-order chi connectivity index (χ1) is 15.1. The van der Waals surface area contributed by atoms with Crippen LogP contribution in [-0.2, 0) is 14.4 Å². The van der Waals surface area contributed by atoms with Gasteiger partial charge in [-0.15, -0.1) is 0 Å². The Morgan fingerprint density at radius 1 is 1.10 bits per heavy atom. The number of nitrogens with one attached hydrogen (secondary N) is 1. The fraction of sp³-hybridized carbons (Fsp3) is 0.458. The average Bonchev–Trinajstić information content (AvgIpc) is 2.76. The van der Waals surface area contributed by atoms with Crippen LogP contribution in [-0.4, -0.2) is 27.9 Å². The van der Waals surface area contributed by atoms with E-state index in [1.54, 1.807) is 18.3 Å². The highest BCUT2D eigenvalue weighted by molar-refractivity contribution is 5.99. The second kappa shape index (κ2) is 11.2. The maximum Gasteiger partial charge on any atom is 0.275 e. The number of imide groups is 1. The molecule has 2 aromatic rings. The Balaban J connectivity index is 1.57. The van der Waals surface area contributed by atoms with Crippen molar-refractivity contribution in [2.45, 2.75) is 70.3 Å². The van der Waals surface area contributed by atoms with Gasteiger partial charge in [0.05, 0.1) is 11.6 Å². The Labute approximate surface area is 181 Å². The maximum absolute atomic E-state index is 12.8. The van der Waals surface area contributed by atoms with Gasteiger partial charge < -0.3 is 4.79 Å². The topological polar surface area (TPSA) is 98.1 Å². The third kappa shape index (κ3) is 6.11. The molecule has 3 rings (SSSR count). The van der Waals surface area contributed by atoms with E-state index >= 15 is 0 Å². The highest BCUT2D eigenvalue weighted by Crippen LogP contribution is 2.18. The predicted molar refractivity (Wildman–Crippen MR) is 117 cm³/mol. The summed E-state index contributed by atoms with van der Waals surface area (Å²) in [5, 5.41) is 7.57. The number of hydrogen-bond acceptors (Lipinski definition) is 5. The average molecular weight is 421 g/mol. The summed E-state index contributed by atoms with van der Waals surface area (Å²) in [6.07, 6.45) is 11.1. The van der Waals surface area contributed by atoms with Gasteiger partial charge in [-0.1, -0.05) is 37.5 Å². The number of carbonyl (C=O) groups is 3. The minimum absolute atomic E-state index is 0.192. The highest BCUT2D eigenvalue weighted by Gasteiger charge is 2.29. The Hall–Kier alpha value is -3.27. The van der Waals surface area contributed by atoms with Crippen molar-refractivity contribution in [2.24, 2.45) is 0 Å². The lowest BCUT2D eigenvalue weighted by Gasteiger charge is -2.21. The molecule has 0 radical (unpaired) electrons. The molecule has 7 nitrogen and oxygen atoms in total. The van der Waals surface area contributed by atoms with Crippen LogP contribution in [0, 0.1) is 11.8 Å². The second-order valence-corrected chi connectivity index (χ2v) is 7.79. The third-order valence-corrected chi connectivity index (χ3v) is 5.42. The van der Waals surface area contributed by atoms with Crippen molar-refractivity contribution in [3.8, 4) is 11.8 Å². The molecule has 2 amide bonds. The fourth-order valence-corrected chi connectivity index (χ4v) is 3.69. The molecular weight excluding hydrogens is 394 g/mol. The van der Waals surface area contributed by atoms with Crippen LogP contribution in [0.15, 0.2) is 29.2 Å². The molecule has 2 heterocycles. The summed E-state index contributed by atoms with van der Waals surface area (Å²) in [7, 11) is 0. The zero-order chi connectivity index (χ0) is 22.1. The number of rotatable bonds is 9. The van der Waals surface area contributed by atoms with E-state index in [1.165, 1.54) is 6.42 Å². The van der Waals surface area contributed by atoms with Gasteiger partial charge in [-0.3, -0.25) is 19.7 Å². The van der Waals surface area contributed by atoms with Crippen LogP contribution in [0.4, 0.5) is 0 Å². The lowest BCUT2D eigenvalue weighted by molar-refractivity contribution is -0.136. The van der Waals surface area contributed by atoms with Gasteiger partial charge >= 0.3 is 0 Å². The van der Waals surface area contributed by atoms with Crippen LogP contribution in [0.1, 0.15) is 75.8 Å². The number of aromatic nitrogens is 2. The molecule has 1 aliphatic rings. The Morgan fingerprint density at radius 2 is 1.87 bits per heavy atom. The molecule has 7 heteroatoms. The Kier molecular flexibility index (Phi) is 8.11. The van der Waals surface area contributed by atoms with Gasteiger partial charge in [0, 0.05) is 30.2 Å². The molecule has 1 atom stereocenters. The normalized spacial score (nSPS) is 15.9. The molecule has 162 valence electrons. The summed E-state index contributed by atoms with van der Waals surface area (Å²) in [4.78, 5) is 46.4. The largest absolute Gasteiger partial charge is 0.303 e. The van der Waals surface area contributed by atoms with E-state index in [4.69, 9.17) is 0 Å². The molecule has 0 saturated carbocycles. The number of benzene rings is 1. The van der Waals surface area contributed by atoms with E-state index < -0.39 is 11.9 Å². The van der Waals surface area contributed by atoms with Crippen LogP contribution in [0.5, 0.6) is 0 Å². The zero-order valence-corrected chi connectivity index (χ0v) is 17.6. The van der Waals surface area contributed by atoms with Crippen molar-refractivity contribution in [1.29, 1.82) is 0 Å². The van der Waals surface area contributed by atoms with Crippen molar-refractivity contribution < 1.29 is 14.4 Å². The molecule has 0 aliphatic carbocycles. The number of unbranched alkanes of at least 4 members (excludes halogenated alkanes) is 7. The van der Waals surface area contributed by atoms with E-state index in [2.05, 4.69) is 22.3 Å². The van der Waals surface area contributed by atoms with Crippen molar-refractivity contribution >= 4 is 28.9 Å². The van der Waals surface area contributed by atoms with Gasteiger partial charge in [0.15, 0.2) is 0 Å². The molecule has 1 unspecified atom stereocenters. The second-order valence-electron chi connectivity index (χ2n) is 7.79. The molecule has 1 fully saturated rings. The smallest absolute Gasteiger partial charge is 0.275 e. The minimum atomic E-state index is -0.765. The van der Waals surface area contributed by atoms with E-state index in [0.29, 0.717) is 17.2 Å². The first-order valence-corrected chi connectivity index (χ1v) is 10.9. The lowest BCUT2D eigenvalue weighted by Crippen LogP contribution is -2.45. The van der Waals surface area contributed by atoms with E-state index in [9.17, 15) is 19.2 Å². The molecule has 1 aliphatic heterocycles.